The van der Waals surface area contributed by atoms with Gasteiger partial charge in [0.15, 0.2) is 0 Å². The number of anilines is 2. The van der Waals surface area contributed by atoms with Crippen LogP contribution >= 0.6 is 0 Å². The number of urea groups is 1. The van der Waals surface area contributed by atoms with Gasteiger partial charge in [-0.3, -0.25) is 0 Å². The van der Waals surface area contributed by atoms with E-state index in [1.807, 2.05) is 0 Å². The maximum atomic E-state index is 12.8. The second kappa shape index (κ2) is 6.04. The molecule has 0 aliphatic rings. The summed E-state index contributed by atoms with van der Waals surface area (Å²) in [7, 11) is 0. The molecule has 0 aliphatic heterocycles. The van der Waals surface area contributed by atoms with Crippen molar-refractivity contribution in [3.63, 3.8) is 0 Å². The molecule has 0 fully saturated rings. The van der Waals surface area contributed by atoms with Crippen molar-refractivity contribution < 1.29 is 13.7 Å². The summed E-state index contributed by atoms with van der Waals surface area (Å²) in [6.07, 6.45) is 1.25. The van der Waals surface area contributed by atoms with Crippen LogP contribution in [0, 0.1) is 5.82 Å². The molecule has 0 radical (unpaired) electrons. The first kappa shape index (κ1) is 13.7. The zero-order valence-electron chi connectivity index (χ0n) is 11.3. The molecule has 0 atom stereocenters. The maximum Gasteiger partial charge on any atom is 0.323 e. The summed E-state index contributed by atoms with van der Waals surface area (Å²) >= 11 is 0. The zero-order valence-corrected chi connectivity index (χ0v) is 11.3. The number of rotatable bonds is 3. The molecular formula is C15H11FN4O2. The molecule has 0 aliphatic carbocycles. The molecule has 7 heteroatoms. The van der Waals surface area contributed by atoms with Crippen molar-refractivity contribution >= 4 is 17.4 Å². The number of halogens is 1. The molecule has 0 unspecified atom stereocenters. The molecule has 0 saturated heterocycles. The van der Waals surface area contributed by atoms with Crippen LogP contribution in [-0.4, -0.2) is 16.2 Å². The third-order valence-corrected chi connectivity index (χ3v) is 2.86. The van der Waals surface area contributed by atoms with Crippen LogP contribution in [0.1, 0.15) is 0 Å². The van der Waals surface area contributed by atoms with E-state index in [9.17, 15) is 9.18 Å². The van der Waals surface area contributed by atoms with E-state index in [0.717, 1.165) is 5.56 Å². The minimum Gasteiger partial charge on any atom is -0.342 e. The largest absolute Gasteiger partial charge is 0.342 e. The van der Waals surface area contributed by atoms with Gasteiger partial charge in [0.2, 0.25) is 12.2 Å². The molecule has 2 aromatic carbocycles. The number of carbonyl (C=O) groups excluding carboxylic acids is 1. The van der Waals surface area contributed by atoms with Crippen LogP contribution in [0.2, 0.25) is 0 Å². The van der Waals surface area contributed by atoms with Gasteiger partial charge in [-0.1, -0.05) is 5.16 Å². The normalized spacial score (nSPS) is 10.2. The summed E-state index contributed by atoms with van der Waals surface area (Å²) in [5.41, 5.74) is 1.88. The number of amides is 2. The standard InChI is InChI=1S/C15H11FN4O2/c16-11-3-7-13(8-4-11)19-15(21)18-12-5-1-10(2-6-12)14-17-9-22-20-14/h1-9H,(H2,18,19,21). The molecule has 1 heterocycles. The lowest BCUT2D eigenvalue weighted by Gasteiger charge is -2.07. The SMILES string of the molecule is O=C(Nc1ccc(F)cc1)Nc1ccc(-c2ncon2)cc1. The quantitative estimate of drug-likeness (QED) is 0.775. The molecular weight excluding hydrogens is 287 g/mol. The fraction of sp³-hybridized carbons (Fsp3) is 0. The summed E-state index contributed by atoms with van der Waals surface area (Å²) < 4.78 is 17.5. The summed E-state index contributed by atoms with van der Waals surface area (Å²) in [5, 5.41) is 9.00. The Morgan fingerprint density at radius 2 is 1.55 bits per heavy atom. The average molecular weight is 298 g/mol. The highest BCUT2D eigenvalue weighted by Gasteiger charge is 2.05. The molecule has 0 bridgehead atoms. The molecule has 3 rings (SSSR count). The van der Waals surface area contributed by atoms with Gasteiger partial charge in [-0.2, -0.15) is 4.98 Å². The second-order valence-corrected chi connectivity index (χ2v) is 4.42. The van der Waals surface area contributed by atoms with Gasteiger partial charge in [0.1, 0.15) is 5.82 Å². The van der Waals surface area contributed by atoms with Crippen molar-refractivity contribution in [3.8, 4) is 11.4 Å². The highest BCUT2D eigenvalue weighted by molar-refractivity contribution is 5.99. The lowest BCUT2D eigenvalue weighted by Crippen LogP contribution is -2.19. The predicted octanol–water partition coefficient (Wildman–Crippen LogP) is 3.52. The van der Waals surface area contributed by atoms with Crippen LogP contribution in [-0.2, 0) is 0 Å². The number of aromatic nitrogens is 2. The number of carbonyl (C=O) groups is 1. The molecule has 2 N–H and O–H groups in total. The monoisotopic (exact) mass is 298 g/mol. The molecule has 22 heavy (non-hydrogen) atoms. The molecule has 1 aromatic heterocycles. The van der Waals surface area contributed by atoms with Gasteiger partial charge in [0.25, 0.3) is 0 Å². The fourth-order valence-electron chi connectivity index (χ4n) is 1.83. The first-order chi connectivity index (χ1) is 10.7. The van der Waals surface area contributed by atoms with Gasteiger partial charge >= 0.3 is 6.03 Å². The van der Waals surface area contributed by atoms with Crippen LogP contribution in [0.4, 0.5) is 20.6 Å². The third-order valence-electron chi connectivity index (χ3n) is 2.86. The van der Waals surface area contributed by atoms with Crippen molar-refractivity contribution in [2.24, 2.45) is 0 Å². The predicted molar refractivity (Wildman–Crippen MR) is 78.8 cm³/mol. The lowest BCUT2D eigenvalue weighted by molar-refractivity contribution is 0.262. The van der Waals surface area contributed by atoms with Crippen molar-refractivity contribution in [2.45, 2.75) is 0 Å². The van der Waals surface area contributed by atoms with Crippen LogP contribution in [0.15, 0.2) is 59.4 Å². The minimum atomic E-state index is -0.418. The van der Waals surface area contributed by atoms with Crippen LogP contribution in [0.5, 0.6) is 0 Å². The summed E-state index contributed by atoms with van der Waals surface area (Å²) in [4.78, 5) is 15.8. The molecule has 110 valence electrons. The Morgan fingerprint density at radius 3 is 2.09 bits per heavy atom. The van der Waals surface area contributed by atoms with Gasteiger partial charge in [-0.05, 0) is 48.5 Å². The molecule has 0 saturated carbocycles. The molecule has 6 nitrogen and oxygen atoms in total. The van der Waals surface area contributed by atoms with Crippen LogP contribution < -0.4 is 10.6 Å². The molecule has 3 aromatic rings. The summed E-state index contributed by atoms with van der Waals surface area (Å²) in [6.45, 7) is 0. The molecule has 2 amide bonds. The van der Waals surface area contributed by atoms with Crippen molar-refractivity contribution in [1.29, 1.82) is 0 Å². The number of hydrogen-bond acceptors (Lipinski definition) is 4. The van der Waals surface area contributed by atoms with Gasteiger partial charge in [0, 0.05) is 16.9 Å². The number of nitrogens with one attached hydrogen (secondary N) is 2. The number of benzene rings is 2. The van der Waals surface area contributed by atoms with Crippen molar-refractivity contribution in [1.82, 2.24) is 10.1 Å². The van der Waals surface area contributed by atoms with E-state index in [0.29, 0.717) is 17.2 Å². The van der Waals surface area contributed by atoms with E-state index in [1.165, 1.54) is 30.7 Å². The molecule has 0 spiro atoms. The third kappa shape index (κ3) is 3.26. The van der Waals surface area contributed by atoms with E-state index in [4.69, 9.17) is 0 Å². The Balaban J connectivity index is 1.63. The average Bonchev–Trinajstić information content (AvgIpc) is 3.05. The summed E-state index contributed by atoms with van der Waals surface area (Å²) in [6, 6.07) is 12.1. The Hall–Kier alpha value is -3.22. The van der Waals surface area contributed by atoms with Crippen molar-refractivity contribution in [3.05, 3.63) is 60.7 Å². The van der Waals surface area contributed by atoms with E-state index < -0.39 is 6.03 Å². The maximum absolute atomic E-state index is 12.8. The van der Waals surface area contributed by atoms with Crippen molar-refractivity contribution in [2.75, 3.05) is 10.6 Å². The topological polar surface area (TPSA) is 80.0 Å². The van der Waals surface area contributed by atoms with Gasteiger partial charge in [-0.25, -0.2) is 9.18 Å². The number of nitrogens with zero attached hydrogens (tertiary/aromatic N) is 2. The second-order valence-electron chi connectivity index (χ2n) is 4.42. The van der Waals surface area contributed by atoms with Crippen LogP contribution in [0.25, 0.3) is 11.4 Å². The summed E-state index contributed by atoms with van der Waals surface area (Å²) in [5.74, 6) is 0.116. The smallest absolute Gasteiger partial charge is 0.323 e. The lowest BCUT2D eigenvalue weighted by atomic mass is 10.2. The van der Waals surface area contributed by atoms with Gasteiger partial charge in [0.05, 0.1) is 0 Å². The van der Waals surface area contributed by atoms with Crippen LogP contribution in [0.3, 0.4) is 0 Å². The van der Waals surface area contributed by atoms with Gasteiger partial charge < -0.3 is 15.2 Å². The minimum absolute atomic E-state index is 0.358. The first-order valence-corrected chi connectivity index (χ1v) is 6.41. The van der Waals surface area contributed by atoms with E-state index in [2.05, 4.69) is 25.3 Å². The Kier molecular flexibility index (Phi) is 3.78. The fourth-order valence-corrected chi connectivity index (χ4v) is 1.83. The zero-order chi connectivity index (χ0) is 15.4. The number of hydrogen-bond donors (Lipinski definition) is 2. The van der Waals surface area contributed by atoms with Gasteiger partial charge in [-0.15, -0.1) is 0 Å². The van der Waals surface area contributed by atoms with E-state index >= 15 is 0 Å². The van der Waals surface area contributed by atoms with E-state index in [1.54, 1.807) is 24.3 Å². The Morgan fingerprint density at radius 1 is 0.955 bits per heavy atom. The van der Waals surface area contributed by atoms with E-state index in [-0.39, 0.29) is 5.82 Å². The Labute approximate surface area is 125 Å². The first-order valence-electron chi connectivity index (χ1n) is 6.41. The Bertz CT molecular complexity index is 755. The highest BCUT2D eigenvalue weighted by Crippen LogP contribution is 2.18. The highest BCUT2D eigenvalue weighted by atomic mass is 19.1.